The zero-order valence-corrected chi connectivity index (χ0v) is 7.66. The number of hydrogen-bond acceptors (Lipinski definition) is 2. The number of rotatable bonds is 3. The summed E-state index contributed by atoms with van der Waals surface area (Å²) in [6, 6.07) is 0. The van der Waals surface area contributed by atoms with Crippen LogP contribution < -0.4 is 0 Å². The van der Waals surface area contributed by atoms with Crippen LogP contribution >= 0.6 is 0 Å². The minimum Gasteiger partial charge on any atom is -0.462 e. The van der Waals surface area contributed by atoms with Crippen molar-refractivity contribution in [2.45, 2.75) is 19.3 Å². The van der Waals surface area contributed by atoms with Crippen LogP contribution in [0, 0.1) is 11.8 Å². The molecule has 13 heavy (non-hydrogen) atoms. The van der Waals surface area contributed by atoms with E-state index in [1.54, 1.807) is 5.57 Å². The van der Waals surface area contributed by atoms with Crippen LogP contribution in [0.2, 0.25) is 0 Å². The first-order valence-corrected chi connectivity index (χ1v) is 4.76. The Hall–Kier alpha value is -1.05. The average molecular weight is 178 g/mol. The number of hydrogen-bond donors (Lipinski definition) is 0. The van der Waals surface area contributed by atoms with Crippen molar-refractivity contribution >= 4 is 5.97 Å². The Bertz CT molecular complexity index is 265. The predicted octanol–water partition coefficient (Wildman–Crippen LogP) is 2.07. The van der Waals surface area contributed by atoms with Gasteiger partial charge in [-0.2, -0.15) is 0 Å². The van der Waals surface area contributed by atoms with Crippen molar-refractivity contribution in [2.24, 2.45) is 11.8 Å². The molecule has 0 heterocycles. The van der Waals surface area contributed by atoms with Gasteiger partial charge in [-0.15, -0.1) is 0 Å². The summed E-state index contributed by atoms with van der Waals surface area (Å²) in [4.78, 5) is 10.8. The Morgan fingerprint density at radius 2 is 2.54 bits per heavy atom. The third-order valence-electron chi connectivity index (χ3n) is 3.03. The molecule has 2 nitrogen and oxygen atoms in total. The molecule has 2 aliphatic carbocycles. The topological polar surface area (TPSA) is 26.3 Å². The van der Waals surface area contributed by atoms with Crippen LogP contribution in [-0.4, -0.2) is 12.6 Å². The van der Waals surface area contributed by atoms with Crippen LogP contribution in [0.25, 0.3) is 0 Å². The molecule has 0 radical (unpaired) electrons. The maximum absolute atomic E-state index is 10.8. The molecule has 1 saturated carbocycles. The number of esters is 1. The summed E-state index contributed by atoms with van der Waals surface area (Å²) in [5, 5.41) is 0. The predicted molar refractivity (Wildman–Crippen MR) is 50.1 cm³/mol. The van der Waals surface area contributed by atoms with Crippen molar-refractivity contribution in [3.05, 3.63) is 24.3 Å². The van der Waals surface area contributed by atoms with Gasteiger partial charge < -0.3 is 4.74 Å². The van der Waals surface area contributed by atoms with Crippen molar-refractivity contribution in [1.29, 1.82) is 0 Å². The van der Waals surface area contributed by atoms with E-state index < -0.39 is 0 Å². The lowest BCUT2D eigenvalue weighted by Crippen LogP contribution is -2.17. The summed E-state index contributed by atoms with van der Waals surface area (Å²) in [7, 11) is 0. The molecule has 2 aliphatic rings. The van der Waals surface area contributed by atoms with Crippen LogP contribution in [0.3, 0.4) is 0 Å². The molecule has 0 spiro atoms. The molecule has 0 saturated heterocycles. The molecule has 0 amide bonds. The summed E-state index contributed by atoms with van der Waals surface area (Å²) in [6.45, 7) is 3.94. The Kier molecular flexibility index (Phi) is 2.21. The van der Waals surface area contributed by atoms with Crippen LogP contribution in [-0.2, 0) is 9.53 Å². The van der Waals surface area contributed by atoms with Gasteiger partial charge in [-0.25, -0.2) is 4.79 Å². The van der Waals surface area contributed by atoms with E-state index in [1.807, 2.05) is 0 Å². The van der Waals surface area contributed by atoms with Crippen LogP contribution in [0.4, 0.5) is 0 Å². The van der Waals surface area contributed by atoms with Crippen molar-refractivity contribution in [3.63, 3.8) is 0 Å². The molecule has 0 aliphatic heterocycles. The van der Waals surface area contributed by atoms with Gasteiger partial charge in [-0.05, 0) is 25.2 Å². The molecular formula is C11H14O2. The van der Waals surface area contributed by atoms with E-state index in [9.17, 15) is 4.79 Å². The molecule has 2 bridgehead atoms. The second-order valence-corrected chi connectivity index (χ2v) is 3.86. The highest BCUT2D eigenvalue weighted by atomic mass is 16.5. The monoisotopic (exact) mass is 178 g/mol. The van der Waals surface area contributed by atoms with E-state index in [0.717, 1.165) is 12.3 Å². The van der Waals surface area contributed by atoms with Gasteiger partial charge in [0.25, 0.3) is 0 Å². The summed E-state index contributed by atoms with van der Waals surface area (Å²) in [6.07, 6.45) is 7.11. The SMILES string of the molecule is C=CC(=O)OCC1CC2=CCC1C2. The summed E-state index contributed by atoms with van der Waals surface area (Å²) in [5.41, 5.74) is 1.56. The molecule has 2 unspecified atom stereocenters. The molecule has 70 valence electrons. The largest absolute Gasteiger partial charge is 0.462 e. The van der Waals surface area contributed by atoms with E-state index in [1.165, 1.54) is 18.9 Å². The first-order chi connectivity index (χ1) is 6.29. The van der Waals surface area contributed by atoms with E-state index in [2.05, 4.69) is 12.7 Å². The molecule has 0 aromatic carbocycles. The number of allylic oxidation sites excluding steroid dienone is 2. The average Bonchev–Trinajstić information content (AvgIpc) is 2.74. The minimum absolute atomic E-state index is 0.295. The molecule has 0 aromatic heterocycles. The van der Waals surface area contributed by atoms with Crippen LogP contribution in [0.1, 0.15) is 19.3 Å². The summed E-state index contributed by atoms with van der Waals surface area (Å²) in [5.74, 6) is 1.02. The molecular weight excluding hydrogens is 164 g/mol. The van der Waals surface area contributed by atoms with Crippen LogP contribution in [0.15, 0.2) is 24.3 Å². The third-order valence-corrected chi connectivity index (χ3v) is 3.03. The maximum Gasteiger partial charge on any atom is 0.330 e. The van der Waals surface area contributed by atoms with Crippen molar-refractivity contribution < 1.29 is 9.53 Å². The molecule has 2 heteroatoms. The lowest BCUT2D eigenvalue weighted by molar-refractivity contribution is -0.139. The molecule has 1 fully saturated rings. The summed E-state index contributed by atoms with van der Waals surface area (Å²) < 4.78 is 5.04. The number of carbonyl (C=O) groups excluding carboxylic acids is 1. The lowest BCUT2D eigenvalue weighted by Gasteiger charge is -2.17. The quantitative estimate of drug-likeness (QED) is 0.375. The summed E-state index contributed by atoms with van der Waals surface area (Å²) >= 11 is 0. The highest BCUT2D eigenvalue weighted by Crippen LogP contribution is 2.44. The highest BCUT2D eigenvalue weighted by Gasteiger charge is 2.34. The fraction of sp³-hybridized carbons (Fsp3) is 0.545. The third kappa shape index (κ3) is 1.67. The minimum atomic E-state index is -0.295. The Morgan fingerprint density at radius 3 is 3.08 bits per heavy atom. The smallest absolute Gasteiger partial charge is 0.330 e. The number of carbonyl (C=O) groups is 1. The Balaban J connectivity index is 1.81. The number of fused-ring (bicyclic) bond motifs is 2. The van der Waals surface area contributed by atoms with Gasteiger partial charge in [0.05, 0.1) is 6.61 Å². The van der Waals surface area contributed by atoms with Crippen LogP contribution in [0.5, 0.6) is 0 Å². The van der Waals surface area contributed by atoms with Crippen molar-refractivity contribution in [2.75, 3.05) is 6.61 Å². The molecule has 2 rings (SSSR count). The zero-order chi connectivity index (χ0) is 9.26. The Morgan fingerprint density at radius 1 is 1.69 bits per heavy atom. The lowest BCUT2D eigenvalue weighted by atomic mass is 9.93. The van der Waals surface area contributed by atoms with Gasteiger partial charge in [-0.3, -0.25) is 0 Å². The fourth-order valence-corrected chi connectivity index (χ4v) is 2.29. The first kappa shape index (κ1) is 8.54. The Labute approximate surface area is 78.3 Å². The van der Waals surface area contributed by atoms with Gasteiger partial charge >= 0.3 is 5.97 Å². The van der Waals surface area contributed by atoms with E-state index >= 15 is 0 Å². The zero-order valence-electron chi connectivity index (χ0n) is 7.66. The fourth-order valence-electron chi connectivity index (χ4n) is 2.29. The van der Waals surface area contributed by atoms with E-state index in [0.29, 0.717) is 12.5 Å². The molecule has 0 aromatic rings. The van der Waals surface area contributed by atoms with Crippen molar-refractivity contribution in [1.82, 2.24) is 0 Å². The normalized spacial score (nSPS) is 30.0. The van der Waals surface area contributed by atoms with Gasteiger partial charge in [0.1, 0.15) is 0 Å². The second-order valence-electron chi connectivity index (χ2n) is 3.86. The molecule has 0 N–H and O–H groups in total. The standard InChI is InChI=1S/C11H14O2/c1-2-11(12)13-7-10-6-8-3-4-9(10)5-8/h2-3,9-10H,1,4-7H2. The van der Waals surface area contributed by atoms with Gasteiger partial charge in [0.2, 0.25) is 0 Å². The maximum atomic E-state index is 10.8. The van der Waals surface area contributed by atoms with E-state index in [-0.39, 0.29) is 5.97 Å². The van der Waals surface area contributed by atoms with Gasteiger partial charge in [0.15, 0.2) is 0 Å². The van der Waals surface area contributed by atoms with Crippen molar-refractivity contribution in [3.8, 4) is 0 Å². The van der Waals surface area contributed by atoms with Gasteiger partial charge in [-0.1, -0.05) is 18.2 Å². The number of ether oxygens (including phenoxy) is 1. The highest BCUT2D eigenvalue weighted by molar-refractivity contribution is 5.81. The van der Waals surface area contributed by atoms with E-state index in [4.69, 9.17) is 4.74 Å². The first-order valence-electron chi connectivity index (χ1n) is 4.76. The molecule has 2 atom stereocenters. The van der Waals surface area contributed by atoms with Gasteiger partial charge in [0, 0.05) is 12.0 Å². The second kappa shape index (κ2) is 3.36.